The van der Waals surface area contributed by atoms with Crippen LogP contribution in [0, 0.1) is 0 Å². The molecular weight excluding hydrogens is 344 g/mol. The number of carboxylic acid groups (broad SMARTS) is 1. The van der Waals surface area contributed by atoms with E-state index in [4.69, 9.17) is 16.6 Å². The molecule has 0 radical (unpaired) electrons. The summed E-state index contributed by atoms with van der Waals surface area (Å²) in [4.78, 5) is 45.6. The van der Waals surface area contributed by atoms with E-state index in [0.29, 0.717) is 0 Å². The van der Waals surface area contributed by atoms with Crippen LogP contribution in [0.15, 0.2) is 0 Å². The zero-order chi connectivity index (χ0) is 18.2. The largest absolute Gasteiger partial charge is 0.480 e. The van der Waals surface area contributed by atoms with E-state index in [1.807, 2.05) is 0 Å². The summed E-state index contributed by atoms with van der Waals surface area (Å²) < 4.78 is 0. The summed E-state index contributed by atoms with van der Waals surface area (Å²) in [5.74, 6) is -3.33. The molecule has 0 saturated carbocycles. The van der Waals surface area contributed by atoms with Gasteiger partial charge < -0.3 is 27.2 Å². The van der Waals surface area contributed by atoms with Crippen LogP contribution in [0.25, 0.3) is 0 Å². The van der Waals surface area contributed by atoms with Gasteiger partial charge in [-0.25, -0.2) is 4.79 Å². The fourth-order valence-electron chi connectivity index (χ4n) is 1.54. The van der Waals surface area contributed by atoms with Gasteiger partial charge in [-0.2, -0.15) is 25.3 Å². The van der Waals surface area contributed by atoms with Crippen molar-refractivity contribution in [2.75, 3.05) is 5.75 Å². The Morgan fingerprint density at radius 2 is 1.74 bits per heavy atom. The molecule has 23 heavy (non-hydrogen) atoms. The Bertz CT molecular complexity index is 461. The van der Waals surface area contributed by atoms with Gasteiger partial charge in [0.05, 0.1) is 6.04 Å². The normalized spacial score (nSPS) is 15.8. The SMILES string of the molecule is CC(S)C(NC(=O)[C@@H](N)CCC(N)=O)C(=O)NC(CS)C(=O)O. The lowest BCUT2D eigenvalue weighted by atomic mass is 10.1. The van der Waals surface area contributed by atoms with Crippen LogP contribution in [-0.2, 0) is 19.2 Å². The standard InChI is InChI=1S/C12H22N4O5S2/c1-5(23)9(11(19)15-7(4-22)12(20)21)16-10(18)6(13)2-3-8(14)17/h5-7,9,22-23H,2-4,13H2,1H3,(H2,14,17)(H,15,19)(H,16,18)(H,20,21)/t5?,6-,7?,9?/m0/s1. The highest BCUT2D eigenvalue weighted by molar-refractivity contribution is 7.81. The van der Waals surface area contributed by atoms with Crippen molar-refractivity contribution in [3.05, 3.63) is 0 Å². The van der Waals surface area contributed by atoms with Crippen molar-refractivity contribution < 1.29 is 24.3 Å². The molecule has 0 rings (SSSR count). The van der Waals surface area contributed by atoms with E-state index in [9.17, 15) is 19.2 Å². The van der Waals surface area contributed by atoms with Gasteiger partial charge in [0.2, 0.25) is 17.7 Å². The Morgan fingerprint density at radius 3 is 2.13 bits per heavy atom. The molecule has 0 aromatic heterocycles. The Morgan fingerprint density at radius 1 is 1.17 bits per heavy atom. The maximum atomic E-state index is 12.1. The molecule has 7 N–H and O–H groups in total. The van der Waals surface area contributed by atoms with Crippen LogP contribution in [0.2, 0.25) is 0 Å². The Kier molecular flexibility index (Phi) is 9.68. The highest BCUT2D eigenvalue weighted by Gasteiger charge is 2.29. The van der Waals surface area contributed by atoms with E-state index >= 15 is 0 Å². The molecule has 0 aliphatic carbocycles. The minimum Gasteiger partial charge on any atom is -0.480 e. The molecule has 0 aliphatic rings. The molecule has 0 heterocycles. The van der Waals surface area contributed by atoms with Crippen LogP contribution in [-0.4, -0.2) is 57.9 Å². The summed E-state index contributed by atoms with van der Waals surface area (Å²) in [7, 11) is 0. The maximum Gasteiger partial charge on any atom is 0.327 e. The number of aliphatic carboxylic acids is 1. The van der Waals surface area contributed by atoms with Gasteiger partial charge >= 0.3 is 5.97 Å². The first-order valence-corrected chi connectivity index (χ1v) is 7.91. The number of hydrogen-bond donors (Lipinski definition) is 7. The number of primary amides is 1. The van der Waals surface area contributed by atoms with Gasteiger partial charge in [0.15, 0.2) is 0 Å². The minimum absolute atomic E-state index is 0.0326. The molecule has 0 spiro atoms. The number of carbonyl (C=O) groups excluding carboxylic acids is 3. The number of hydrogen-bond acceptors (Lipinski definition) is 7. The van der Waals surface area contributed by atoms with Crippen molar-refractivity contribution in [2.24, 2.45) is 11.5 Å². The number of amides is 3. The molecule has 0 aromatic carbocycles. The number of rotatable bonds is 10. The van der Waals surface area contributed by atoms with Gasteiger partial charge in [0.25, 0.3) is 0 Å². The fourth-order valence-corrected chi connectivity index (χ4v) is 2.00. The van der Waals surface area contributed by atoms with E-state index in [1.54, 1.807) is 6.92 Å². The second-order valence-electron chi connectivity index (χ2n) is 4.92. The number of nitrogens with one attached hydrogen (secondary N) is 2. The summed E-state index contributed by atoms with van der Waals surface area (Å²) in [6.07, 6.45) is -0.0343. The highest BCUT2D eigenvalue weighted by atomic mass is 32.1. The third-order valence-corrected chi connectivity index (χ3v) is 3.56. The molecule has 132 valence electrons. The van der Waals surface area contributed by atoms with Gasteiger partial charge in [-0.15, -0.1) is 0 Å². The first kappa shape index (κ1) is 21.5. The molecule has 3 amide bonds. The lowest BCUT2D eigenvalue weighted by Crippen LogP contribution is -2.57. The molecule has 0 aliphatic heterocycles. The molecule has 0 bridgehead atoms. The molecule has 11 heteroatoms. The van der Waals surface area contributed by atoms with E-state index in [2.05, 4.69) is 35.9 Å². The summed E-state index contributed by atoms with van der Waals surface area (Å²) >= 11 is 7.94. The average Bonchev–Trinajstić information content (AvgIpc) is 2.46. The predicted octanol–water partition coefficient (Wildman–Crippen LogP) is -2.12. The Hall–Kier alpha value is -1.46. The van der Waals surface area contributed by atoms with Crippen LogP contribution in [0.4, 0.5) is 0 Å². The van der Waals surface area contributed by atoms with Gasteiger partial charge in [-0.1, -0.05) is 6.92 Å². The molecule has 0 fully saturated rings. The zero-order valence-corrected chi connectivity index (χ0v) is 14.3. The van der Waals surface area contributed by atoms with Crippen LogP contribution in [0.1, 0.15) is 19.8 Å². The first-order chi connectivity index (χ1) is 10.6. The van der Waals surface area contributed by atoms with Crippen LogP contribution in [0.3, 0.4) is 0 Å². The quantitative estimate of drug-likeness (QED) is 0.218. The van der Waals surface area contributed by atoms with Crippen molar-refractivity contribution in [3.63, 3.8) is 0 Å². The van der Waals surface area contributed by atoms with Crippen LogP contribution in [0.5, 0.6) is 0 Å². The van der Waals surface area contributed by atoms with Gasteiger partial charge in [0, 0.05) is 17.4 Å². The average molecular weight is 366 g/mol. The summed E-state index contributed by atoms with van der Waals surface area (Å²) in [5, 5.41) is 12.9. The third-order valence-electron chi connectivity index (χ3n) is 2.90. The van der Waals surface area contributed by atoms with E-state index in [-0.39, 0.29) is 18.6 Å². The Labute approximate surface area is 144 Å². The lowest BCUT2D eigenvalue weighted by molar-refractivity contribution is -0.141. The molecule has 9 nitrogen and oxygen atoms in total. The number of carbonyl (C=O) groups is 4. The fraction of sp³-hybridized carbons (Fsp3) is 0.667. The van der Waals surface area contributed by atoms with Crippen molar-refractivity contribution in [1.82, 2.24) is 10.6 Å². The number of thiol groups is 2. The first-order valence-electron chi connectivity index (χ1n) is 6.76. The molecule has 4 atom stereocenters. The summed E-state index contributed by atoms with van der Waals surface area (Å²) in [6, 6.07) is -3.31. The van der Waals surface area contributed by atoms with Crippen LogP contribution >= 0.6 is 25.3 Å². The van der Waals surface area contributed by atoms with Gasteiger partial charge in [-0.3, -0.25) is 14.4 Å². The van der Waals surface area contributed by atoms with E-state index in [1.165, 1.54) is 0 Å². The maximum absolute atomic E-state index is 12.1. The van der Waals surface area contributed by atoms with Gasteiger partial charge in [-0.05, 0) is 6.42 Å². The number of nitrogens with two attached hydrogens (primary N) is 2. The third kappa shape index (κ3) is 8.09. The summed E-state index contributed by atoms with van der Waals surface area (Å²) in [5.41, 5.74) is 10.6. The van der Waals surface area contributed by atoms with Gasteiger partial charge in [0.1, 0.15) is 12.1 Å². The van der Waals surface area contributed by atoms with E-state index < -0.39 is 47.1 Å². The van der Waals surface area contributed by atoms with Crippen molar-refractivity contribution in [3.8, 4) is 0 Å². The molecule has 3 unspecified atom stereocenters. The second kappa shape index (κ2) is 10.3. The summed E-state index contributed by atoms with van der Waals surface area (Å²) in [6.45, 7) is 1.55. The monoisotopic (exact) mass is 366 g/mol. The smallest absolute Gasteiger partial charge is 0.327 e. The molecule has 0 saturated heterocycles. The van der Waals surface area contributed by atoms with Crippen LogP contribution < -0.4 is 22.1 Å². The van der Waals surface area contributed by atoms with Crippen molar-refractivity contribution in [1.29, 1.82) is 0 Å². The lowest BCUT2D eigenvalue weighted by Gasteiger charge is -2.24. The van der Waals surface area contributed by atoms with E-state index in [0.717, 1.165) is 0 Å². The molecular formula is C12H22N4O5S2. The van der Waals surface area contributed by atoms with Crippen molar-refractivity contribution >= 4 is 48.9 Å². The molecule has 0 aromatic rings. The zero-order valence-electron chi connectivity index (χ0n) is 12.6. The number of carboxylic acids is 1. The predicted molar refractivity (Wildman–Crippen MR) is 90.2 cm³/mol. The second-order valence-corrected chi connectivity index (χ2v) is 6.10. The Balaban J connectivity index is 4.79. The van der Waals surface area contributed by atoms with Crippen molar-refractivity contribution in [2.45, 2.75) is 43.1 Å². The highest BCUT2D eigenvalue weighted by Crippen LogP contribution is 2.04. The topological polar surface area (TPSA) is 165 Å². The minimum atomic E-state index is -1.25.